The minimum atomic E-state index is 0.309. The van der Waals surface area contributed by atoms with E-state index in [4.69, 9.17) is 4.98 Å². The summed E-state index contributed by atoms with van der Waals surface area (Å²) >= 11 is 1.81. The number of benzene rings is 2. The van der Waals surface area contributed by atoms with Crippen LogP contribution in [0.1, 0.15) is 34.4 Å². The van der Waals surface area contributed by atoms with Crippen molar-refractivity contribution in [3.8, 4) is 11.4 Å². The molecule has 4 aromatic rings. The summed E-state index contributed by atoms with van der Waals surface area (Å²) in [6, 6.07) is 19.1. The highest BCUT2D eigenvalue weighted by atomic mass is 32.1. The quantitative estimate of drug-likeness (QED) is 0.467. The standard InChI is InChI=1S/C24H22N4S/c1-17(18-7-9-20(10-8-18)23-25-12-4-13-26-23)22-15-27-24(29-22)28-14-11-19-5-2-3-6-21(19)16-28/h2-10,12-13,15,17H,11,14,16H2,1H3. The molecule has 0 aliphatic carbocycles. The Labute approximate surface area is 174 Å². The molecule has 0 saturated carbocycles. The third-order valence-corrected chi connectivity index (χ3v) is 6.81. The molecule has 0 amide bonds. The number of hydrogen-bond acceptors (Lipinski definition) is 5. The fourth-order valence-electron chi connectivity index (χ4n) is 3.82. The maximum Gasteiger partial charge on any atom is 0.185 e. The van der Waals surface area contributed by atoms with Crippen LogP contribution in [-0.2, 0) is 13.0 Å². The van der Waals surface area contributed by atoms with Crippen LogP contribution >= 0.6 is 11.3 Å². The van der Waals surface area contributed by atoms with E-state index in [2.05, 4.69) is 70.3 Å². The van der Waals surface area contributed by atoms with E-state index in [0.29, 0.717) is 5.92 Å². The molecular formula is C24H22N4S. The predicted molar refractivity (Wildman–Crippen MR) is 118 cm³/mol. The Morgan fingerprint density at radius 1 is 0.897 bits per heavy atom. The molecule has 0 radical (unpaired) electrons. The highest BCUT2D eigenvalue weighted by Gasteiger charge is 2.20. The van der Waals surface area contributed by atoms with E-state index in [0.717, 1.165) is 36.0 Å². The second-order valence-corrected chi connectivity index (χ2v) is 8.44. The largest absolute Gasteiger partial charge is 0.343 e. The van der Waals surface area contributed by atoms with Gasteiger partial charge in [0.25, 0.3) is 0 Å². The third kappa shape index (κ3) is 3.66. The summed E-state index contributed by atoms with van der Waals surface area (Å²) in [5.41, 5.74) is 5.21. The van der Waals surface area contributed by atoms with Crippen LogP contribution in [0, 0.1) is 0 Å². The molecule has 5 heteroatoms. The molecule has 5 rings (SSSR count). The Hall–Kier alpha value is -3.05. The van der Waals surface area contributed by atoms with Gasteiger partial charge in [0.1, 0.15) is 0 Å². The SMILES string of the molecule is CC(c1ccc(-c2ncccn2)cc1)c1cnc(N2CCc3ccccc3C2)s1. The normalized spacial score (nSPS) is 14.4. The average Bonchev–Trinajstić information content (AvgIpc) is 3.29. The molecule has 1 aliphatic rings. The van der Waals surface area contributed by atoms with Crippen molar-refractivity contribution < 1.29 is 0 Å². The van der Waals surface area contributed by atoms with Gasteiger partial charge in [0, 0.05) is 48.0 Å². The first kappa shape index (κ1) is 18.0. The van der Waals surface area contributed by atoms with Crippen LogP contribution < -0.4 is 4.90 Å². The Kier molecular flexibility index (Phi) is 4.82. The van der Waals surface area contributed by atoms with Crippen molar-refractivity contribution in [2.24, 2.45) is 0 Å². The van der Waals surface area contributed by atoms with Crippen LogP contribution in [0.15, 0.2) is 73.2 Å². The Morgan fingerprint density at radius 2 is 1.66 bits per heavy atom. The Morgan fingerprint density at radius 3 is 2.45 bits per heavy atom. The molecule has 0 N–H and O–H groups in total. The van der Waals surface area contributed by atoms with Crippen molar-refractivity contribution in [3.63, 3.8) is 0 Å². The maximum atomic E-state index is 4.75. The van der Waals surface area contributed by atoms with Gasteiger partial charge in [0.2, 0.25) is 0 Å². The number of rotatable bonds is 4. The zero-order valence-corrected chi connectivity index (χ0v) is 17.1. The molecule has 4 nitrogen and oxygen atoms in total. The minimum absolute atomic E-state index is 0.309. The molecule has 144 valence electrons. The first-order valence-electron chi connectivity index (χ1n) is 9.93. The highest BCUT2D eigenvalue weighted by Crippen LogP contribution is 2.34. The summed E-state index contributed by atoms with van der Waals surface area (Å²) < 4.78 is 0. The fraction of sp³-hybridized carbons (Fsp3) is 0.208. The number of thiazole rings is 1. The molecule has 2 aromatic heterocycles. The van der Waals surface area contributed by atoms with Crippen LogP contribution in [0.25, 0.3) is 11.4 Å². The van der Waals surface area contributed by atoms with Gasteiger partial charge in [0.05, 0.1) is 0 Å². The first-order chi connectivity index (χ1) is 14.3. The van der Waals surface area contributed by atoms with Crippen molar-refractivity contribution in [2.75, 3.05) is 11.4 Å². The van der Waals surface area contributed by atoms with Crippen LogP contribution in [0.3, 0.4) is 0 Å². The van der Waals surface area contributed by atoms with E-state index < -0.39 is 0 Å². The third-order valence-electron chi connectivity index (χ3n) is 5.57. The molecule has 0 saturated heterocycles. The molecule has 1 unspecified atom stereocenters. The van der Waals surface area contributed by atoms with E-state index in [1.165, 1.54) is 21.6 Å². The van der Waals surface area contributed by atoms with Gasteiger partial charge in [-0.2, -0.15) is 0 Å². The maximum absolute atomic E-state index is 4.75. The topological polar surface area (TPSA) is 41.9 Å². The smallest absolute Gasteiger partial charge is 0.185 e. The summed E-state index contributed by atoms with van der Waals surface area (Å²) in [5, 5.41) is 1.12. The fourth-order valence-corrected chi connectivity index (χ4v) is 4.84. The van der Waals surface area contributed by atoms with Gasteiger partial charge in [-0.25, -0.2) is 15.0 Å². The summed E-state index contributed by atoms with van der Waals surface area (Å²) in [6.07, 6.45) is 6.68. The monoisotopic (exact) mass is 398 g/mol. The van der Waals surface area contributed by atoms with Gasteiger partial charge in [-0.3, -0.25) is 0 Å². The van der Waals surface area contributed by atoms with Crippen molar-refractivity contribution in [1.29, 1.82) is 0 Å². The number of aromatic nitrogens is 3. The number of fused-ring (bicyclic) bond motifs is 1. The van der Waals surface area contributed by atoms with E-state index in [9.17, 15) is 0 Å². The minimum Gasteiger partial charge on any atom is -0.343 e. The Bertz CT molecular complexity index is 1110. The molecule has 1 atom stereocenters. The molecule has 2 aromatic carbocycles. The zero-order valence-electron chi connectivity index (χ0n) is 16.3. The number of hydrogen-bond donors (Lipinski definition) is 0. The van der Waals surface area contributed by atoms with Crippen LogP contribution in [0.2, 0.25) is 0 Å². The van der Waals surface area contributed by atoms with Crippen molar-refractivity contribution in [1.82, 2.24) is 15.0 Å². The zero-order chi connectivity index (χ0) is 19.6. The molecule has 0 fully saturated rings. The van der Waals surface area contributed by atoms with E-state index >= 15 is 0 Å². The molecule has 29 heavy (non-hydrogen) atoms. The van der Waals surface area contributed by atoms with Crippen molar-refractivity contribution in [2.45, 2.75) is 25.8 Å². The lowest BCUT2D eigenvalue weighted by molar-refractivity contribution is 0.729. The van der Waals surface area contributed by atoms with Crippen molar-refractivity contribution >= 4 is 16.5 Å². The molecule has 0 bridgehead atoms. The van der Waals surface area contributed by atoms with Gasteiger partial charge in [0.15, 0.2) is 11.0 Å². The average molecular weight is 399 g/mol. The Balaban J connectivity index is 1.33. The lowest BCUT2D eigenvalue weighted by Crippen LogP contribution is -2.30. The lowest BCUT2D eigenvalue weighted by Gasteiger charge is -2.28. The molecule has 1 aliphatic heterocycles. The highest BCUT2D eigenvalue weighted by molar-refractivity contribution is 7.15. The van der Waals surface area contributed by atoms with Crippen molar-refractivity contribution in [3.05, 3.63) is 94.8 Å². The second-order valence-electron chi connectivity index (χ2n) is 7.40. The second kappa shape index (κ2) is 7.76. The summed E-state index contributed by atoms with van der Waals surface area (Å²) in [6.45, 7) is 4.23. The van der Waals surface area contributed by atoms with Gasteiger partial charge >= 0.3 is 0 Å². The van der Waals surface area contributed by atoms with Gasteiger partial charge in [-0.1, -0.05) is 55.5 Å². The number of nitrogens with zero attached hydrogens (tertiary/aromatic N) is 4. The van der Waals surface area contributed by atoms with Crippen LogP contribution in [0.5, 0.6) is 0 Å². The molecule has 0 spiro atoms. The summed E-state index contributed by atoms with van der Waals surface area (Å²) in [4.78, 5) is 17.1. The van der Waals surface area contributed by atoms with Gasteiger partial charge in [-0.15, -0.1) is 11.3 Å². The van der Waals surface area contributed by atoms with Gasteiger partial charge < -0.3 is 4.90 Å². The van der Waals surface area contributed by atoms with E-state index in [-0.39, 0.29) is 0 Å². The first-order valence-corrected chi connectivity index (χ1v) is 10.7. The molecule has 3 heterocycles. The summed E-state index contributed by atoms with van der Waals surface area (Å²) in [5.74, 6) is 1.07. The van der Waals surface area contributed by atoms with Crippen LogP contribution in [-0.4, -0.2) is 21.5 Å². The molecular weight excluding hydrogens is 376 g/mol. The summed E-state index contributed by atoms with van der Waals surface area (Å²) in [7, 11) is 0. The number of anilines is 1. The van der Waals surface area contributed by atoms with E-state index in [1.54, 1.807) is 12.4 Å². The predicted octanol–water partition coefficient (Wildman–Crippen LogP) is 5.31. The lowest BCUT2D eigenvalue weighted by atomic mass is 9.99. The van der Waals surface area contributed by atoms with Gasteiger partial charge in [-0.05, 0) is 29.2 Å². The van der Waals surface area contributed by atoms with E-state index in [1.807, 2.05) is 23.6 Å². The van der Waals surface area contributed by atoms with Crippen LogP contribution in [0.4, 0.5) is 5.13 Å².